The highest BCUT2D eigenvalue weighted by Gasteiger charge is 2.45. The summed E-state index contributed by atoms with van der Waals surface area (Å²) >= 11 is 0. The van der Waals surface area contributed by atoms with Crippen LogP contribution in [-0.2, 0) is 9.53 Å². The van der Waals surface area contributed by atoms with E-state index in [0.717, 1.165) is 73.3 Å². The van der Waals surface area contributed by atoms with E-state index >= 15 is 0 Å². The minimum absolute atomic E-state index is 0.0132. The lowest BCUT2D eigenvalue weighted by Crippen LogP contribution is -2.55. The van der Waals surface area contributed by atoms with Crippen LogP contribution in [0.15, 0.2) is 43.1 Å². The molecule has 5 heteroatoms. The fourth-order valence-electron chi connectivity index (χ4n) is 6.88. The van der Waals surface area contributed by atoms with Crippen molar-refractivity contribution in [3.8, 4) is 5.75 Å². The highest BCUT2D eigenvalue weighted by molar-refractivity contribution is 5.84. The molecule has 3 aliphatic heterocycles. The van der Waals surface area contributed by atoms with Gasteiger partial charge in [0.25, 0.3) is 0 Å². The Balaban J connectivity index is 1.45. The van der Waals surface area contributed by atoms with Gasteiger partial charge in [0.1, 0.15) is 11.9 Å². The van der Waals surface area contributed by atoms with E-state index in [1.807, 2.05) is 30.5 Å². The van der Waals surface area contributed by atoms with Gasteiger partial charge in [-0.3, -0.25) is 14.7 Å². The lowest BCUT2D eigenvalue weighted by Gasteiger charge is -2.51. The maximum absolute atomic E-state index is 13.6. The molecule has 1 saturated carbocycles. The Labute approximate surface area is 209 Å². The summed E-state index contributed by atoms with van der Waals surface area (Å²) in [6.45, 7) is 8.40. The molecule has 2 bridgehead atoms. The molecule has 0 N–H and O–H groups in total. The van der Waals surface area contributed by atoms with Crippen molar-refractivity contribution in [1.82, 2.24) is 9.88 Å². The van der Waals surface area contributed by atoms with Crippen LogP contribution in [0, 0.1) is 23.7 Å². The Kier molecular flexibility index (Phi) is 7.43. The molecule has 4 heterocycles. The van der Waals surface area contributed by atoms with E-state index < -0.39 is 0 Å². The first kappa shape index (κ1) is 24.3. The molecule has 1 aromatic heterocycles. The molecule has 1 unspecified atom stereocenters. The van der Waals surface area contributed by atoms with Crippen LogP contribution in [-0.4, -0.2) is 42.1 Å². The third-order valence-corrected chi connectivity index (χ3v) is 8.91. The minimum Gasteiger partial charge on any atom is -0.497 e. The van der Waals surface area contributed by atoms with Crippen molar-refractivity contribution in [1.29, 1.82) is 0 Å². The van der Waals surface area contributed by atoms with Crippen molar-refractivity contribution < 1.29 is 14.3 Å². The van der Waals surface area contributed by atoms with Crippen LogP contribution in [0.1, 0.15) is 70.0 Å². The number of carbonyl (C=O) groups excluding carboxylic acids is 1. The zero-order valence-corrected chi connectivity index (χ0v) is 21.3. The van der Waals surface area contributed by atoms with Gasteiger partial charge in [0.05, 0.1) is 24.6 Å². The van der Waals surface area contributed by atoms with Gasteiger partial charge in [0.2, 0.25) is 0 Å². The average molecular weight is 477 g/mol. The molecule has 4 fully saturated rings. The van der Waals surface area contributed by atoms with E-state index in [9.17, 15) is 4.79 Å². The largest absolute Gasteiger partial charge is 0.497 e. The number of ether oxygens (including phenoxy) is 2. The van der Waals surface area contributed by atoms with E-state index in [1.54, 1.807) is 7.11 Å². The van der Waals surface area contributed by atoms with Crippen LogP contribution in [0.25, 0.3) is 10.9 Å². The number of benzene rings is 1. The van der Waals surface area contributed by atoms with Crippen LogP contribution in [0.4, 0.5) is 0 Å². The van der Waals surface area contributed by atoms with E-state index in [0.29, 0.717) is 11.8 Å². The van der Waals surface area contributed by atoms with E-state index in [4.69, 9.17) is 9.47 Å². The Morgan fingerprint density at radius 2 is 2.06 bits per heavy atom. The van der Waals surface area contributed by atoms with Crippen LogP contribution in [0.5, 0.6) is 5.75 Å². The van der Waals surface area contributed by atoms with Gasteiger partial charge in [-0.2, -0.15) is 0 Å². The van der Waals surface area contributed by atoms with Crippen molar-refractivity contribution in [2.75, 3.05) is 20.2 Å². The lowest BCUT2D eigenvalue weighted by atomic mass is 9.73. The first-order chi connectivity index (χ1) is 17.1. The van der Waals surface area contributed by atoms with Crippen molar-refractivity contribution in [2.45, 2.75) is 70.4 Å². The first-order valence-electron chi connectivity index (χ1n) is 13.6. The van der Waals surface area contributed by atoms with Crippen LogP contribution in [0.3, 0.4) is 0 Å². The summed E-state index contributed by atoms with van der Waals surface area (Å²) in [6.07, 6.45) is 12.6. The van der Waals surface area contributed by atoms with Gasteiger partial charge >= 0.3 is 5.97 Å². The number of fused-ring (bicyclic) bond motifs is 4. The molecule has 1 aromatic carbocycles. The maximum Gasteiger partial charge on any atom is 0.309 e. The summed E-state index contributed by atoms with van der Waals surface area (Å²) < 4.78 is 12.1. The molecule has 1 aliphatic carbocycles. The molecule has 188 valence electrons. The molecule has 0 spiro atoms. The van der Waals surface area contributed by atoms with Crippen LogP contribution >= 0.6 is 0 Å². The number of nitrogens with zero attached hydrogens (tertiary/aromatic N) is 2. The van der Waals surface area contributed by atoms with Crippen LogP contribution < -0.4 is 4.74 Å². The van der Waals surface area contributed by atoms with Gasteiger partial charge in [-0.15, -0.1) is 6.58 Å². The summed E-state index contributed by atoms with van der Waals surface area (Å²) in [5, 5.41) is 1.01. The fourth-order valence-corrected chi connectivity index (χ4v) is 6.88. The second-order valence-corrected chi connectivity index (χ2v) is 10.9. The molecule has 5 atom stereocenters. The monoisotopic (exact) mass is 476 g/mol. The van der Waals surface area contributed by atoms with Gasteiger partial charge in [-0.25, -0.2) is 0 Å². The summed E-state index contributed by atoms with van der Waals surface area (Å²) in [6, 6.07) is 8.20. The predicted molar refractivity (Wildman–Crippen MR) is 139 cm³/mol. The first-order valence-corrected chi connectivity index (χ1v) is 13.6. The van der Waals surface area contributed by atoms with E-state index in [-0.39, 0.29) is 24.0 Å². The molecule has 3 saturated heterocycles. The number of carbonyl (C=O) groups is 1. The number of pyridine rings is 1. The van der Waals surface area contributed by atoms with E-state index in [1.165, 1.54) is 19.3 Å². The smallest absolute Gasteiger partial charge is 0.309 e. The fraction of sp³-hybridized carbons (Fsp3) is 0.600. The zero-order valence-electron chi connectivity index (χ0n) is 21.3. The molecule has 6 rings (SSSR count). The summed E-state index contributed by atoms with van der Waals surface area (Å²) in [7, 11) is 1.69. The molecule has 2 aromatic rings. The van der Waals surface area contributed by atoms with E-state index in [2.05, 4.69) is 29.5 Å². The highest BCUT2D eigenvalue weighted by Crippen LogP contribution is 2.44. The second kappa shape index (κ2) is 10.7. The van der Waals surface area contributed by atoms with Gasteiger partial charge in [-0.1, -0.05) is 25.8 Å². The van der Waals surface area contributed by atoms with Crippen molar-refractivity contribution in [3.63, 3.8) is 0 Å². The Morgan fingerprint density at radius 3 is 2.74 bits per heavy atom. The van der Waals surface area contributed by atoms with Crippen molar-refractivity contribution in [3.05, 3.63) is 48.7 Å². The average Bonchev–Trinajstić information content (AvgIpc) is 2.91. The normalized spacial score (nSPS) is 31.1. The molecule has 35 heavy (non-hydrogen) atoms. The summed E-state index contributed by atoms with van der Waals surface area (Å²) in [5.74, 6) is 2.71. The van der Waals surface area contributed by atoms with Crippen LogP contribution in [0.2, 0.25) is 0 Å². The van der Waals surface area contributed by atoms with Gasteiger partial charge in [0.15, 0.2) is 0 Å². The SMILES string of the molecule is C=C[C@H]1CN2CC[C@H]1C[C@H]2[C@H](OC(=O)C1CCC(CCC)CC1)c1ccnc2ccc(OC)cc12. The highest BCUT2D eigenvalue weighted by atomic mass is 16.5. The Bertz CT molecular complexity index is 1050. The summed E-state index contributed by atoms with van der Waals surface area (Å²) in [5.41, 5.74) is 1.96. The van der Waals surface area contributed by atoms with Crippen molar-refractivity contribution in [2.24, 2.45) is 23.7 Å². The number of rotatable bonds is 8. The molecule has 5 nitrogen and oxygen atoms in total. The third kappa shape index (κ3) is 4.97. The number of piperidine rings is 3. The molecule has 4 aliphatic rings. The number of esters is 1. The molecule has 0 radical (unpaired) electrons. The zero-order chi connectivity index (χ0) is 24.4. The van der Waals surface area contributed by atoms with Gasteiger partial charge in [-0.05, 0) is 87.1 Å². The Hall–Kier alpha value is -2.40. The lowest BCUT2D eigenvalue weighted by molar-refractivity contribution is -0.163. The number of methoxy groups -OCH3 is 1. The minimum atomic E-state index is -0.304. The standard InChI is InChI=1S/C30H40N2O3/c1-4-6-20-7-9-22(10-8-20)30(33)35-29(28-17-23-14-16-32(28)19-21(23)5-2)25-13-15-31-27-12-11-24(34-3)18-26(25)27/h5,11-13,15,18,20-23,28-29H,2,4,6-10,14,16-17,19H2,1,3H3/t20?,21-,22?,23-,28-,29+/m0/s1. The molecular formula is C30H40N2O3. The molecule has 0 amide bonds. The maximum atomic E-state index is 13.6. The number of hydrogen-bond acceptors (Lipinski definition) is 5. The van der Waals surface area contributed by atoms with Crippen molar-refractivity contribution >= 4 is 16.9 Å². The second-order valence-electron chi connectivity index (χ2n) is 10.9. The third-order valence-electron chi connectivity index (χ3n) is 8.91. The predicted octanol–water partition coefficient (Wildman–Crippen LogP) is 6.33. The van der Waals surface area contributed by atoms with Gasteiger partial charge < -0.3 is 9.47 Å². The molecular weight excluding hydrogens is 436 g/mol. The topological polar surface area (TPSA) is 51.7 Å². The summed E-state index contributed by atoms with van der Waals surface area (Å²) in [4.78, 5) is 20.7. The Morgan fingerprint density at radius 1 is 1.23 bits per heavy atom. The number of hydrogen-bond donors (Lipinski definition) is 0. The number of aromatic nitrogens is 1. The quantitative estimate of drug-likeness (QED) is 0.329. The van der Waals surface area contributed by atoms with Gasteiger partial charge in [0, 0.05) is 23.7 Å².